The van der Waals surface area contributed by atoms with Gasteiger partial charge in [-0.25, -0.2) is 0 Å². The Bertz CT molecular complexity index is 138. The van der Waals surface area contributed by atoms with Crippen molar-refractivity contribution in [2.24, 2.45) is 0 Å². The Hall–Kier alpha value is -0.570. The molecule has 0 bridgehead atoms. The first-order valence-corrected chi connectivity index (χ1v) is 3.76. The summed E-state index contributed by atoms with van der Waals surface area (Å²) >= 11 is 0. The fourth-order valence-corrected chi connectivity index (χ4v) is 0.787. The lowest BCUT2D eigenvalue weighted by Gasteiger charge is -2.23. The molecular weight excluding hydrogens is 142 g/mol. The second-order valence-corrected chi connectivity index (χ2v) is 3.49. The first-order chi connectivity index (χ1) is 4.87. The molecule has 0 fully saturated rings. The summed E-state index contributed by atoms with van der Waals surface area (Å²) in [5.74, 6) is -0.0834. The van der Waals surface area contributed by atoms with Gasteiger partial charge in [-0.1, -0.05) is 0 Å². The highest BCUT2D eigenvalue weighted by Gasteiger charge is 2.19. The number of amides is 1. The van der Waals surface area contributed by atoms with Crippen LogP contribution in [0.3, 0.4) is 0 Å². The van der Waals surface area contributed by atoms with E-state index >= 15 is 0 Å². The molecule has 3 heteroatoms. The molecule has 0 saturated carbocycles. The molecule has 3 nitrogen and oxygen atoms in total. The Labute approximate surface area is 68.1 Å². The average molecular weight is 159 g/mol. The predicted octanol–water partition coefficient (Wildman–Crippen LogP) is 0.936. The van der Waals surface area contributed by atoms with Gasteiger partial charge in [0.2, 0.25) is 5.91 Å². The van der Waals surface area contributed by atoms with Crippen molar-refractivity contribution in [1.82, 2.24) is 5.32 Å². The van der Waals surface area contributed by atoms with Gasteiger partial charge in [0, 0.05) is 7.05 Å². The Morgan fingerprint density at radius 2 is 1.91 bits per heavy atom. The Morgan fingerprint density at radius 3 is 2.18 bits per heavy atom. The van der Waals surface area contributed by atoms with E-state index < -0.39 is 0 Å². The number of ether oxygens (including phenoxy) is 1. The van der Waals surface area contributed by atoms with E-state index in [9.17, 15) is 4.79 Å². The third-order valence-electron chi connectivity index (χ3n) is 1.15. The van der Waals surface area contributed by atoms with Crippen LogP contribution in [0.5, 0.6) is 0 Å². The molecule has 0 aromatic carbocycles. The largest absolute Gasteiger partial charge is 0.363 e. The molecule has 0 rings (SSSR count). The van der Waals surface area contributed by atoms with Crippen molar-refractivity contribution in [3.63, 3.8) is 0 Å². The van der Waals surface area contributed by atoms with Gasteiger partial charge in [-0.15, -0.1) is 0 Å². The standard InChI is InChI=1S/C8H17NO2/c1-6(7(10)9-5)11-8(2,3)4/h6H,1-5H3,(H,9,10). The fourth-order valence-electron chi connectivity index (χ4n) is 0.787. The highest BCUT2D eigenvalue weighted by Crippen LogP contribution is 2.10. The lowest BCUT2D eigenvalue weighted by molar-refractivity contribution is -0.139. The smallest absolute Gasteiger partial charge is 0.248 e. The zero-order chi connectivity index (χ0) is 9.07. The van der Waals surface area contributed by atoms with Crippen molar-refractivity contribution in [3.8, 4) is 0 Å². The van der Waals surface area contributed by atoms with Crippen molar-refractivity contribution in [2.75, 3.05) is 7.05 Å². The summed E-state index contributed by atoms with van der Waals surface area (Å²) in [5.41, 5.74) is -0.258. The van der Waals surface area contributed by atoms with Crippen LogP contribution in [0.4, 0.5) is 0 Å². The monoisotopic (exact) mass is 159 g/mol. The molecule has 1 atom stereocenters. The molecule has 0 spiro atoms. The van der Waals surface area contributed by atoms with Crippen LogP contribution in [-0.4, -0.2) is 24.7 Å². The molecule has 0 saturated heterocycles. The highest BCUT2D eigenvalue weighted by atomic mass is 16.5. The van der Waals surface area contributed by atoms with Crippen LogP contribution in [0, 0.1) is 0 Å². The topological polar surface area (TPSA) is 38.3 Å². The van der Waals surface area contributed by atoms with E-state index in [0.29, 0.717) is 0 Å². The first-order valence-electron chi connectivity index (χ1n) is 3.76. The van der Waals surface area contributed by atoms with Crippen LogP contribution in [0.15, 0.2) is 0 Å². The van der Waals surface area contributed by atoms with Gasteiger partial charge in [0.25, 0.3) is 0 Å². The summed E-state index contributed by atoms with van der Waals surface area (Å²) in [6.07, 6.45) is -0.375. The number of hydrogen-bond donors (Lipinski definition) is 1. The van der Waals surface area contributed by atoms with E-state index in [1.807, 2.05) is 20.8 Å². The summed E-state index contributed by atoms with van der Waals surface area (Å²) in [4.78, 5) is 11.0. The molecule has 0 heterocycles. The van der Waals surface area contributed by atoms with E-state index in [0.717, 1.165) is 0 Å². The number of carbonyl (C=O) groups excluding carboxylic acids is 1. The van der Waals surface area contributed by atoms with Gasteiger partial charge >= 0.3 is 0 Å². The summed E-state index contributed by atoms with van der Waals surface area (Å²) in [6.45, 7) is 7.51. The van der Waals surface area contributed by atoms with Crippen LogP contribution >= 0.6 is 0 Å². The van der Waals surface area contributed by atoms with Gasteiger partial charge in [-0.3, -0.25) is 4.79 Å². The molecule has 0 radical (unpaired) electrons. The second-order valence-electron chi connectivity index (χ2n) is 3.49. The number of likely N-dealkylation sites (N-methyl/N-ethyl adjacent to an activating group) is 1. The van der Waals surface area contributed by atoms with Crippen LogP contribution in [-0.2, 0) is 9.53 Å². The number of carbonyl (C=O) groups is 1. The van der Waals surface area contributed by atoms with Crippen molar-refractivity contribution >= 4 is 5.91 Å². The molecule has 11 heavy (non-hydrogen) atoms. The second kappa shape index (κ2) is 3.72. The van der Waals surface area contributed by atoms with Crippen LogP contribution in [0.25, 0.3) is 0 Å². The van der Waals surface area contributed by atoms with Gasteiger partial charge < -0.3 is 10.1 Å². The van der Waals surface area contributed by atoms with Crippen molar-refractivity contribution in [2.45, 2.75) is 39.4 Å². The molecule has 0 aliphatic rings. The van der Waals surface area contributed by atoms with E-state index in [1.165, 1.54) is 0 Å². The molecule has 0 aliphatic heterocycles. The molecule has 1 amide bonds. The minimum Gasteiger partial charge on any atom is -0.363 e. The molecular formula is C8H17NO2. The van der Waals surface area contributed by atoms with Gasteiger partial charge in [-0.05, 0) is 27.7 Å². The zero-order valence-electron chi connectivity index (χ0n) is 7.89. The van der Waals surface area contributed by atoms with Crippen molar-refractivity contribution < 1.29 is 9.53 Å². The van der Waals surface area contributed by atoms with Gasteiger partial charge in [0.15, 0.2) is 0 Å². The maximum absolute atomic E-state index is 11.0. The summed E-state index contributed by atoms with van der Waals surface area (Å²) in [5, 5.41) is 2.52. The Kier molecular flexibility index (Phi) is 3.52. The lowest BCUT2D eigenvalue weighted by atomic mass is 10.2. The highest BCUT2D eigenvalue weighted by molar-refractivity contribution is 5.79. The molecule has 66 valence electrons. The Morgan fingerprint density at radius 1 is 1.45 bits per heavy atom. The Balaban J connectivity index is 3.87. The number of rotatable bonds is 2. The number of nitrogens with one attached hydrogen (secondary N) is 1. The quantitative estimate of drug-likeness (QED) is 0.651. The predicted molar refractivity (Wildman–Crippen MR) is 44.4 cm³/mol. The molecule has 0 aliphatic carbocycles. The summed E-state index contributed by atoms with van der Waals surface area (Å²) in [6, 6.07) is 0. The third kappa shape index (κ3) is 4.79. The zero-order valence-corrected chi connectivity index (χ0v) is 7.89. The maximum Gasteiger partial charge on any atom is 0.248 e. The fraction of sp³-hybridized carbons (Fsp3) is 0.875. The van der Waals surface area contributed by atoms with Crippen LogP contribution in [0.1, 0.15) is 27.7 Å². The van der Waals surface area contributed by atoms with Gasteiger partial charge in [-0.2, -0.15) is 0 Å². The van der Waals surface area contributed by atoms with E-state index in [-0.39, 0.29) is 17.6 Å². The lowest BCUT2D eigenvalue weighted by Crippen LogP contribution is -2.37. The van der Waals surface area contributed by atoms with Crippen molar-refractivity contribution in [1.29, 1.82) is 0 Å². The normalized spacial score (nSPS) is 14.3. The molecule has 0 aromatic rings. The average Bonchev–Trinajstić information content (AvgIpc) is 1.82. The molecule has 1 N–H and O–H groups in total. The summed E-state index contributed by atoms with van der Waals surface area (Å²) < 4.78 is 5.38. The van der Waals surface area contributed by atoms with Crippen LogP contribution < -0.4 is 5.32 Å². The van der Waals surface area contributed by atoms with Gasteiger partial charge in [0.1, 0.15) is 6.10 Å². The van der Waals surface area contributed by atoms with Crippen molar-refractivity contribution in [3.05, 3.63) is 0 Å². The van der Waals surface area contributed by atoms with E-state index in [4.69, 9.17) is 4.74 Å². The SMILES string of the molecule is CNC(=O)C(C)OC(C)(C)C. The first kappa shape index (κ1) is 10.4. The molecule has 0 aromatic heterocycles. The number of hydrogen-bond acceptors (Lipinski definition) is 2. The van der Waals surface area contributed by atoms with Gasteiger partial charge in [0.05, 0.1) is 5.60 Å². The maximum atomic E-state index is 11.0. The van der Waals surface area contributed by atoms with E-state index in [2.05, 4.69) is 5.32 Å². The van der Waals surface area contributed by atoms with Crippen LogP contribution in [0.2, 0.25) is 0 Å². The minimum absolute atomic E-state index is 0.0834. The minimum atomic E-state index is -0.375. The van der Waals surface area contributed by atoms with E-state index in [1.54, 1.807) is 14.0 Å². The summed E-state index contributed by atoms with van der Waals surface area (Å²) in [7, 11) is 1.60. The molecule has 1 unspecified atom stereocenters. The third-order valence-corrected chi connectivity index (χ3v) is 1.15.